The molecule has 4 nitrogen and oxygen atoms in total. The van der Waals surface area contributed by atoms with Crippen molar-refractivity contribution in [3.63, 3.8) is 0 Å². The summed E-state index contributed by atoms with van der Waals surface area (Å²) in [5, 5.41) is 3.26. The van der Waals surface area contributed by atoms with Gasteiger partial charge in [-0.15, -0.1) is 0 Å². The summed E-state index contributed by atoms with van der Waals surface area (Å²) in [7, 11) is 0. The highest BCUT2D eigenvalue weighted by Crippen LogP contribution is 2.31. The number of carbonyl (C=O) groups is 1. The van der Waals surface area contributed by atoms with E-state index in [4.69, 9.17) is 11.6 Å². The summed E-state index contributed by atoms with van der Waals surface area (Å²) in [6.45, 7) is 6.57. The SMILES string of the molecule is CC(C)=CCN1c2nc(Cl)ccc2NC(=O)C1C. The molecule has 0 fully saturated rings. The topological polar surface area (TPSA) is 45.2 Å². The van der Waals surface area contributed by atoms with Crippen LogP contribution in [0.5, 0.6) is 0 Å². The van der Waals surface area contributed by atoms with Gasteiger partial charge in [-0.1, -0.05) is 23.3 Å². The zero-order valence-electron chi connectivity index (χ0n) is 10.7. The molecule has 1 aromatic heterocycles. The molecule has 5 heteroatoms. The van der Waals surface area contributed by atoms with Gasteiger partial charge in [0.05, 0.1) is 5.69 Å². The highest BCUT2D eigenvalue weighted by Gasteiger charge is 2.29. The van der Waals surface area contributed by atoms with Crippen LogP contribution in [0.3, 0.4) is 0 Å². The van der Waals surface area contributed by atoms with Gasteiger partial charge < -0.3 is 10.2 Å². The van der Waals surface area contributed by atoms with E-state index in [9.17, 15) is 4.79 Å². The van der Waals surface area contributed by atoms with Gasteiger partial charge in [0.15, 0.2) is 5.82 Å². The number of aromatic nitrogens is 1. The smallest absolute Gasteiger partial charge is 0.246 e. The number of fused-ring (bicyclic) bond motifs is 1. The van der Waals surface area contributed by atoms with E-state index in [1.165, 1.54) is 5.57 Å². The first-order valence-electron chi connectivity index (χ1n) is 5.86. The van der Waals surface area contributed by atoms with E-state index >= 15 is 0 Å². The first-order valence-corrected chi connectivity index (χ1v) is 6.24. The number of amides is 1. The number of nitrogens with one attached hydrogen (secondary N) is 1. The molecule has 2 rings (SSSR count). The Labute approximate surface area is 112 Å². The Bertz CT molecular complexity index is 509. The van der Waals surface area contributed by atoms with Crippen LogP contribution in [-0.2, 0) is 4.79 Å². The van der Waals surface area contributed by atoms with Crippen LogP contribution in [0, 0.1) is 0 Å². The van der Waals surface area contributed by atoms with Gasteiger partial charge in [0.2, 0.25) is 5.91 Å². The number of anilines is 2. The van der Waals surface area contributed by atoms with Crippen molar-refractivity contribution in [3.05, 3.63) is 28.9 Å². The van der Waals surface area contributed by atoms with Crippen LogP contribution >= 0.6 is 11.6 Å². The van der Waals surface area contributed by atoms with E-state index in [1.54, 1.807) is 12.1 Å². The first kappa shape index (κ1) is 12.9. The van der Waals surface area contributed by atoms with E-state index in [2.05, 4.69) is 16.4 Å². The van der Waals surface area contributed by atoms with E-state index in [0.717, 1.165) is 5.82 Å². The second-order valence-electron chi connectivity index (χ2n) is 4.60. The predicted octanol–water partition coefficient (Wildman–Crippen LogP) is 2.85. The standard InChI is InChI=1S/C13H16ClN3O/c1-8(2)6-7-17-9(3)13(18)15-10-4-5-11(14)16-12(10)17/h4-6,9H,7H2,1-3H3,(H,15,18). The molecule has 1 amide bonds. The van der Waals surface area contributed by atoms with Crippen molar-refractivity contribution in [3.8, 4) is 0 Å². The third-order valence-corrected chi connectivity index (χ3v) is 3.12. The first-order chi connectivity index (χ1) is 8.49. The lowest BCUT2D eigenvalue weighted by Crippen LogP contribution is -2.46. The largest absolute Gasteiger partial charge is 0.339 e. The van der Waals surface area contributed by atoms with Gasteiger partial charge in [0, 0.05) is 6.54 Å². The fourth-order valence-corrected chi connectivity index (χ4v) is 1.97. The summed E-state index contributed by atoms with van der Waals surface area (Å²) < 4.78 is 0. The van der Waals surface area contributed by atoms with Crippen molar-refractivity contribution >= 4 is 29.0 Å². The molecule has 0 aromatic carbocycles. The molecule has 1 aromatic rings. The van der Waals surface area contributed by atoms with E-state index in [-0.39, 0.29) is 11.9 Å². The van der Waals surface area contributed by atoms with Crippen LogP contribution in [0.1, 0.15) is 20.8 Å². The van der Waals surface area contributed by atoms with Crippen LogP contribution in [0.2, 0.25) is 5.15 Å². The lowest BCUT2D eigenvalue weighted by Gasteiger charge is -2.34. The van der Waals surface area contributed by atoms with Crippen molar-refractivity contribution in [1.29, 1.82) is 0 Å². The molecular weight excluding hydrogens is 250 g/mol. The predicted molar refractivity (Wildman–Crippen MR) is 74.1 cm³/mol. The Balaban J connectivity index is 2.40. The number of carbonyl (C=O) groups excluding carboxylic acids is 1. The number of hydrogen-bond donors (Lipinski definition) is 1. The monoisotopic (exact) mass is 265 g/mol. The molecule has 0 radical (unpaired) electrons. The average molecular weight is 266 g/mol. The number of nitrogens with zero attached hydrogens (tertiary/aromatic N) is 2. The Hall–Kier alpha value is -1.55. The lowest BCUT2D eigenvalue weighted by molar-refractivity contribution is -0.117. The number of hydrogen-bond acceptors (Lipinski definition) is 3. The second kappa shape index (κ2) is 4.98. The van der Waals surface area contributed by atoms with Gasteiger partial charge in [-0.25, -0.2) is 4.98 Å². The van der Waals surface area contributed by atoms with Crippen molar-refractivity contribution < 1.29 is 4.79 Å². The maximum absolute atomic E-state index is 11.9. The second-order valence-corrected chi connectivity index (χ2v) is 4.99. The summed E-state index contributed by atoms with van der Waals surface area (Å²) in [5.74, 6) is 0.709. The molecule has 0 bridgehead atoms. The molecule has 1 aliphatic rings. The van der Waals surface area contributed by atoms with Gasteiger partial charge in [-0.05, 0) is 32.9 Å². The fraction of sp³-hybridized carbons (Fsp3) is 0.385. The average Bonchev–Trinajstić information content (AvgIpc) is 2.30. The van der Waals surface area contributed by atoms with Gasteiger partial charge in [-0.2, -0.15) is 0 Å². The molecule has 1 N–H and O–H groups in total. The van der Waals surface area contributed by atoms with Gasteiger partial charge in [0.25, 0.3) is 0 Å². The van der Waals surface area contributed by atoms with Gasteiger partial charge in [-0.3, -0.25) is 4.79 Å². The van der Waals surface area contributed by atoms with Crippen LogP contribution < -0.4 is 10.2 Å². The molecule has 96 valence electrons. The number of allylic oxidation sites excluding steroid dienone is 1. The highest BCUT2D eigenvalue weighted by atomic mass is 35.5. The Morgan fingerprint density at radius 2 is 2.28 bits per heavy atom. The third-order valence-electron chi connectivity index (χ3n) is 2.91. The Morgan fingerprint density at radius 3 is 2.94 bits per heavy atom. The summed E-state index contributed by atoms with van der Waals surface area (Å²) in [5.41, 5.74) is 1.92. The van der Waals surface area contributed by atoms with Crippen LogP contribution in [0.25, 0.3) is 0 Å². The molecule has 18 heavy (non-hydrogen) atoms. The van der Waals surface area contributed by atoms with Crippen LogP contribution in [0.4, 0.5) is 11.5 Å². The quantitative estimate of drug-likeness (QED) is 0.661. The molecule has 1 unspecified atom stereocenters. The molecule has 0 aliphatic carbocycles. The number of halogens is 1. The third kappa shape index (κ3) is 2.48. The van der Waals surface area contributed by atoms with Crippen LogP contribution in [0.15, 0.2) is 23.8 Å². The van der Waals surface area contributed by atoms with E-state index in [1.807, 2.05) is 25.7 Å². The maximum Gasteiger partial charge on any atom is 0.246 e. The highest BCUT2D eigenvalue weighted by molar-refractivity contribution is 6.29. The van der Waals surface area contributed by atoms with Crippen molar-refractivity contribution in [2.75, 3.05) is 16.8 Å². The molecular formula is C13H16ClN3O. The fourth-order valence-electron chi connectivity index (χ4n) is 1.83. The molecule has 0 spiro atoms. The molecule has 0 saturated carbocycles. The summed E-state index contributed by atoms with van der Waals surface area (Å²) in [4.78, 5) is 18.1. The number of rotatable bonds is 2. The zero-order chi connectivity index (χ0) is 13.3. The summed E-state index contributed by atoms with van der Waals surface area (Å²) in [6.07, 6.45) is 2.07. The van der Waals surface area contributed by atoms with E-state index < -0.39 is 0 Å². The molecule has 2 heterocycles. The van der Waals surface area contributed by atoms with Crippen molar-refractivity contribution in [2.24, 2.45) is 0 Å². The number of pyridine rings is 1. The minimum absolute atomic E-state index is 0.0196. The minimum Gasteiger partial charge on any atom is -0.339 e. The molecule has 1 atom stereocenters. The summed E-state index contributed by atoms with van der Waals surface area (Å²) >= 11 is 5.92. The summed E-state index contributed by atoms with van der Waals surface area (Å²) in [6, 6.07) is 3.21. The zero-order valence-corrected chi connectivity index (χ0v) is 11.5. The van der Waals surface area contributed by atoms with Crippen molar-refractivity contribution in [2.45, 2.75) is 26.8 Å². The lowest BCUT2D eigenvalue weighted by atomic mass is 10.1. The molecule has 0 saturated heterocycles. The molecule has 1 aliphatic heterocycles. The van der Waals surface area contributed by atoms with Crippen LogP contribution in [-0.4, -0.2) is 23.5 Å². The minimum atomic E-state index is -0.251. The van der Waals surface area contributed by atoms with Crippen molar-refractivity contribution in [1.82, 2.24) is 4.98 Å². The van der Waals surface area contributed by atoms with E-state index in [0.29, 0.717) is 17.4 Å². The van der Waals surface area contributed by atoms with Gasteiger partial charge in [0.1, 0.15) is 11.2 Å². The normalized spacial score (nSPS) is 18.1. The Kier molecular flexibility index (Phi) is 3.57. The Morgan fingerprint density at radius 1 is 1.56 bits per heavy atom. The van der Waals surface area contributed by atoms with Gasteiger partial charge >= 0.3 is 0 Å². The maximum atomic E-state index is 11.9.